The van der Waals surface area contributed by atoms with E-state index in [2.05, 4.69) is 36.5 Å². The summed E-state index contributed by atoms with van der Waals surface area (Å²) >= 11 is 0. The third-order valence-electron chi connectivity index (χ3n) is 8.79. The molecule has 2 N–H and O–H groups in total. The van der Waals surface area contributed by atoms with E-state index >= 15 is 4.39 Å². The van der Waals surface area contributed by atoms with Crippen molar-refractivity contribution in [3.63, 3.8) is 0 Å². The zero-order valence-corrected chi connectivity index (χ0v) is 26.6. The fourth-order valence-electron chi connectivity index (χ4n) is 6.49. The number of hydrogen-bond acceptors (Lipinski definition) is 8. The molecule has 0 aliphatic carbocycles. The topological polar surface area (TPSA) is 115 Å². The van der Waals surface area contributed by atoms with Crippen LogP contribution in [-0.2, 0) is 13.0 Å². The van der Waals surface area contributed by atoms with Gasteiger partial charge < -0.3 is 19.9 Å². The van der Waals surface area contributed by atoms with Gasteiger partial charge in [-0.05, 0) is 91.9 Å². The van der Waals surface area contributed by atoms with E-state index in [1.54, 1.807) is 43.0 Å². The normalized spacial score (nSPS) is 14.6. The van der Waals surface area contributed by atoms with Crippen LogP contribution in [0, 0.1) is 17.3 Å². The monoisotopic (exact) mass is 641 g/mol. The number of aliphatic imine (C=N–C) groups is 1. The van der Waals surface area contributed by atoms with Crippen LogP contribution >= 0.6 is 0 Å². The van der Waals surface area contributed by atoms with Crippen LogP contribution in [0.5, 0.6) is 5.75 Å². The maximum Gasteiger partial charge on any atom is 0.209 e. The Morgan fingerprint density at radius 3 is 2.67 bits per heavy atom. The van der Waals surface area contributed by atoms with Gasteiger partial charge in [-0.3, -0.25) is 15.3 Å². The van der Waals surface area contributed by atoms with E-state index in [4.69, 9.17) is 14.7 Å². The zero-order valence-electron chi connectivity index (χ0n) is 26.6. The number of pyridine rings is 3. The lowest BCUT2D eigenvalue weighted by Gasteiger charge is -2.20. The van der Waals surface area contributed by atoms with Gasteiger partial charge in [0.2, 0.25) is 5.96 Å². The Balaban J connectivity index is 1.10. The smallest absolute Gasteiger partial charge is 0.209 e. The molecule has 242 valence electrons. The van der Waals surface area contributed by atoms with Gasteiger partial charge >= 0.3 is 0 Å². The Labute approximate surface area is 278 Å². The predicted octanol–water partition coefficient (Wildman–Crippen LogP) is 6.43. The van der Waals surface area contributed by atoms with Crippen LogP contribution in [0.2, 0.25) is 0 Å². The number of fused-ring (bicyclic) bond motifs is 2. The van der Waals surface area contributed by atoms with Crippen molar-refractivity contribution in [2.75, 3.05) is 43.0 Å². The van der Waals surface area contributed by atoms with Crippen molar-refractivity contribution in [1.29, 1.82) is 5.26 Å². The van der Waals surface area contributed by atoms with Crippen LogP contribution in [0.15, 0.2) is 90.4 Å². The first-order valence-corrected chi connectivity index (χ1v) is 16.3. The number of nitrogens with one attached hydrogen (secondary N) is 2. The molecule has 5 heterocycles. The summed E-state index contributed by atoms with van der Waals surface area (Å²) in [6, 6.07) is 19.0. The first kappa shape index (κ1) is 31.0. The van der Waals surface area contributed by atoms with Crippen LogP contribution < -0.4 is 20.3 Å². The van der Waals surface area contributed by atoms with Gasteiger partial charge in [-0.1, -0.05) is 24.3 Å². The van der Waals surface area contributed by atoms with Gasteiger partial charge in [-0.25, -0.2) is 14.4 Å². The summed E-state index contributed by atoms with van der Waals surface area (Å²) in [4.78, 5) is 22.7. The maximum atomic E-state index is 15.9. The summed E-state index contributed by atoms with van der Waals surface area (Å²) in [6.07, 6.45) is 13.0. The Bertz CT molecular complexity index is 1970. The average Bonchev–Trinajstić information content (AvgIpc) is 3.80. The Morgan fingerprint density at radius 2 is 1.81 bits per heavy atom. The van der Waals surface area contributed by atoms with Gasteiger partial charge in [0, 0.05) is 60.2 Å². The molecule has 0 spiro atoms. The van der Waals surface area contributed by atoms with E-state index in [1.807, 2.05) is 42.6 Å². The summed E-state index contributed by atoms with van der Waals surface area (Å²) in [6.45, 7) is 4.78. The van der Waals surface area contributed by atoms with Crippen molar-refractivity contribution in [3.05, 3.63) is 102 Å². The number of benzene rings is 2. The minimum atomic E-state index is -0.324. The number of likely N-dealkylation sites (tertiary alicyclic amines) is 1. The van der Waals surface area contributed by atoms with Gasteiger partial charge in [0.05, 0.1) is 13.2 Å². The number of nitriles is 1. The highest BCUT2D eigenvalue weighted by Gasteiger charge is 2.27. The Kier molecular flexibility index (Phi) is 9.33. The lowest BCUT2D eigenvalue weighted by atomic mass is 9.97. The van der Waals surface area contributed by atoms with E-state index in [9.17, 15) is 5.26 Å². The van der Waals surface area contributed by atoms with Gasteiger partial charge in [-0.15, -0.1) is 0 Å². The van der Waals surface area contributed by atoms with E-state index in [0.717, 1.165) is 77.3 Å². The molecule has 11 heteroatoms. The molecule has 0 saturated carbocycles. The third-order valence-corrected chi connectivity index (χ3v) is 8.79. The molecule has 0 atom stereocenters. The molecule has 2 aliphatic heterocycles. The van der Waals surface area contributed by atoms with Crippen LogP contribution in [0.4, 0.5) is 21.6 Å². The molecule has 7 rings (SSSR count). The number of ether oxygens (including phenoxy) is 1. The predicted molar refractivity (Wildman–Crippen MR) is 186 cm³/mol. The second-order valence-electron chi connectivity index (χ2n) is 11.9. The molecule has 5 aromatic rings. The Hall–Kier alpha value is -5.60. The molecule has 10 nitrogen and oxygen atoms in total. The number of aromatic nitrogens is 3. The van der Waals surface area contributed by atoms with Crippen molar-refractivity contribution in [2.24, 2.45) is 4.99 Å². The highest BCUT2D eigenvalue weighted by molar-refractivity contribution is 5.95. The highest BCUT2D eigenvalue weighted by atomic mass is 19.1. The highest BCUT2D eigenvalue weighted by Crippen LogP contribution is 2.42. The molecular formula is C37H36FN9O. The molecule has 0 amide bonds. The molecule has 1 fully saturated rings. The van der Waals surface area contributed by atoms with E-state index in [0.29, 0.717) is 37.0 Å². The fraction of sp³-hybridized carbons (Fsp3) is 0.270. The summed E-state index contributed by atoms with van der Waals surface area (Å²) in [5.74, 6) is 1.05. The molecule has 1 saturated heterocycles. The molecule has 48 heavy (non-hydrogen) atoms. The quantitative estimate of drug-likeness (QED) is 0.0586. The van der Waals surface area contributed by atoms with Crippen LogP contribution in [0.3, 0.4) is 0 Å². The van der Waals surface area contributed by atoms with Gasteiger partial charge in [0.1, 0.15) is 5.52 Å². The SMILES string of the molecule is N#CNC(=NCc1cnc2c(N3CCc4c(-c5cccc(OCCCN6CCCC6)c5F)cccc43)nccc2c1)Nc1ccncc1. The van der Waals surface area contributed by atoms with E-state index in [1.165, 1.54) is 12.8 Å². The maximum absolute atomic E-state index is 15.9. The number of guanidine groups is 1. The minimum absolute atomic E-state index is 0.296. The average molecular weight is 642 g/mol. The van der Waals surface area contributed by atoms with Crippen molar-refractivity contribution >= 4 is 34.1 Å². The van der Waals surface area contributed by atoms with E-state index < -0.39 is 0 Å². The lowest BCUT2D eigenvalue weighted by Crippen LogP contribution is -2.26. The molecule has 2 aliphatic rings. The summed E-state index contributed by atoms with van der Waals surface area (Å²) < 4.78 is 21.8. The van der Waals surface area contributed by atoms with Crippen molar-refractivity contribution in [1.82, 2.24) is 25.2 Å². The number of anilines is 3. The largest absolute Gasteiger partial charge is 0.490 e. The minimum Gasteiger partial charge on any atom is -0.490 e. The molecule has 0 bridgehead atoms. The lowest BCUT2D eigenvalue weighted by molar-refractivity contribution is 0.256. The molecule has 0 radical (unpaired) electrons. The first-order valence-electron chi connectivity index (χ1n) is 16.3. The summed E-state index contributed by atoms with van der Waals surface area (Å²) in [7, 11) is 0. The van der Waals surface area contributed by atoms with Crippen molar-refractivity contribution in [2.45, 2.75) is 32.2 Å². The van der Waals surface area contributed by atoms with Crippen molar-refractivity contribution < 1.29 is 9.13 Å². The van der Waals surface area contributed by atoms with Crippen molar-refractivity contribution in [3.8, 4) is 23.1 Å². The van der Waals surface area contributed by atoms with Gasteiger partial charge in [0.25, 0.3) is 0 Å². The van der Waals surface area contributed by atoms with Crippen LogP contribution in [0.25, 0.3) is 22.0 Å². The first-order chi connectivity index (χ1) is 23.7. The summed E-state index contributed by atoms with van der Waals surface area (Å²) in [5.41, 5.74) is 5.89. The molecule has 0 unspecified atom stereocenters. The number of hydrogen-bond donors (Lipinski definition) is 2. The standard InChI is InChI=1S/C37H36FN9O/c38-34-31(7-4-9-33(34)48-21-5-19-46-17-1-2-18-46)29-6-3-8-32-30(29)13-20-47(32)36-35-27(10-16-41-36)22-26(23-42-35)24-43-37(44-25-39)45-28-11-14-40-15-12-28/h3-4,6-12,14-16,22-23H,1-2,5,13,17-21,24H2,(H2,40,43,44,45). The van der Waals surface area contributed by atoms with Crippen LogP contribution in [-0.4, -0.2) is 58.6 Å². The van der Waals surface area contributed by atoms with Gasteiger partial charge in [0.15, 0.2) is 23.6 Å². The molecule has 3 aromatic heterocycles. The number of rotatable bonds is 10. The third kappa shape index (κ3) is 6.75. The molecular weight excluding hydrogens is 605 g/mol. The second kappa shape index (κ2) is 14.4. The van der Waals surface area contributed by atoms with E-state index in [-0.39, 0.29) is 5.82 Å². The van der Waals surface area contributed by atoms with Crippen LogP contribution in [0.1, 0.15) is 30.4 Å². The molecule has 2 aromatic carbocycles. The summed E-state index contributed by atoms with van der Waals surface area (Å²) in [5, 5.41) is 15.8. The Morgan fingerprint density at radius 1 is 0.979 bits per heavy atom. The second-order valence-corrected chi connectivity index (χ2v) is 11.9. The van der Waals surface area contributed by atoms with Gasteiger partial charge in [-0.2, -0.15) is 5.26 Å². The number of nitrogens with zero attached hydrogens (tertiary/aromatic N) is 7. The fourth-order valence-corrected chi connectivity index (χ4v) is 6.49. The number of halogens is 1. The zero-order chi connectivity index (χ0) is 32.7.